The molecule has 112 valence electrons. The molecule has 0 fully saturated rings. The van der Waals surface area contributed by atoms with Gasteiger partial charge in [0.05, 0.1) is 0 Å². The highest BCUT2D eigenvalue weighted by Gasteiger charge is 2.07. The summed E-state index contributed by atoms with van der Waals surface area (Å²) in [4.78, 5) is 4.35. The van der Waals surface area contributed by atoms with Crippen molar-refractivity contribution in [2.45, 2.75) is 13.0 Å². The minimum absolute atomic E-state index is 0.461. The molecule has 22 heavy (non-hydrogen) atoms. The average molecular weight is 363 g/mol. The molecule has 0 saturated carbocycles. The van der Waals surface area contributed by atoms with Gasteiger partial charge in [0.15, 0.2) is 11.6 Å². The molecular formula is C17H13BrF2N2. The molecule has 1 aromatic heterocycles. The first-order chi connectivity index (χ1) is 10.6. The fourth-order valence-electron chi connectivity index (χ4n) is 2.27. The number of benzene rings is 2. The normalized spacial score (nSPS) is 10.9. The maximum Gasteiger partial charge on any atom is 0.159 e. The van der Waals surface area contributed by atoms with Gasteiger partial charge in [0.1, 0.15) is 5.82 Å². The molecule has 0 bridgehead atoms. The zero-order chi connectivity index (χ0) is 15.5. The summed E-state index contributed by atoms with van der Waals surface area (Å²) in [7, 11) is 0. The lowest BCUT2D eigenvalue weighted by Crippen LogP contribution is -2.05. The minimum Gasteiger partial charge on any atom is -0.330 e. The zero-order valence-electron chi connectivity index (χ0n) is 11.6. The van der Waals surface area contributed by atoms with E-state index in [0.29, 0.717) is 18.5 Å². The van der Waals surface area contributed by atoms with Crippen LogP contribution in [0.1, 0.15) is 17.0 Å². The SMILES string of the molecule is Fc1ccc(Cn2ccnc2Cc2ccc(Br)cc2)cc1F. The number of nitrogens with zero attached hydrogens (tertiary/aromatic N) is 2. The van der Waals surface area contributed by atoms with Crippen LogP contribution < -0.4 is 0 Å². The fraction of sp³-hybridized carbons (Fsp3) is 0.118. The van der Waals surface area contributed by atoms with Crippen LogP contribution >= 0.6 is 15.9 Å². The summed E-state index contributed by atoms with van der Waals surface area (Å²) in [6.45, 7) is 0.461. The number of aromatic nitrogens is 2. The van der Waals surface area contributed by atoms with Gasteiger partial charge >= 0.3 is 0 Å². The quantitative estimate of drug-likeness (QED) is 0.664. The van der Waals surface area contributed by atoms with Crippen LogP contribution in [0.2, 0.25) is 0 Å². The average Bonchev–Trinajstić information content (AvgIpc) is 2.92. The highest BCUT2D eigenvalue weighted by molar-refractivity contribution is 9.10. The standard InChI is InChI=1S/C17H13BrF2N2/c18-14-4-1-12(2-5-14)10-17-21-7-8-22(17)11-13-3-6-15(19)16(20)9-13/h1-9H,10-11H2. The van der Waals surface area contributed by atoms with E-state index >= 15 is 0 Å². The lowest BCUT2D eigenvalue weighted by atomic mass is 10.1. The smallest absolute Gasteiger partial charge is 0.159 e. The third kappa shape index (κ3) is 3.42. The molecule has 0 aliphatic carbocycles. The van der Waals surface area contributed by atoms with Crippen LogP contribution in [-0.2, 0) is 13.0 Å². The Morgan fingerprint density at radius 1 is 0.955 bits per heavy atom. The lowest BCUT2D eigenvalue weighted by molar-refractivity contribution is 0.506. The third-order valence-electron chi connectivity index (χ3n) is 3.41. The van der Waals surface area contributed by atoms with Crippen molar-refractivity contribution >= 4 is 15.9 Å². The lowest BCUT2D eigenvalue weighted by Gasteiger charge is -2.09. The van der Waals surface area contributed by atoms with Gasteiger partial charge < -0.3 is 4.57 Å². The van der Waals surface area contributed by atoms with E-state index in [4.69, 9.17) is 0 Å². The second kappa shape index (κ2) is 6.40. The van der Waals surface area contributed by atoms with Crippen LogP contribution in [0, 0.1) is 11.6 Å². The summed E-state index contributed by atoms with van der Waals surface area (Å²) >= 11 is 3.41. The van der Waals surface area contributed by atoms with Gasteiger partial charge in [-0.1, -0.05) is 34.1 Å². The molecule has 3 aromatic rings. The molecule has 0 amide bonds. The maximum absolute atomic E-state index is 13.3. The summed E-state index contributed by atoms with van der Waals surface area (Å²) in [5.41, 5.74) is 1.84. The van der Waals surface area contributed by atoms with Gasteiger partial charge in [0, 0.05) is 29.8 Å². The number of hydrogen-bond acceptors (Lipinski definition) is 1. The van der Waals surface area contributed by atoms with E-state index in [1.165, 1.54) is 6.07 Å². The van der Waals surface area contributed by atoms with Gasteiger partial charge in [-0.15, -0.1) is 0 Å². The molecule has 2 nitrogen and oxygen atoms in total. The Kier molecular flexibility index (Phi) is 4.34. The molecule has 1 heterocycles. The predicted molar refractivity (Wildman–Crippen MR) is 84.6 cm³/mol. The Hall–Kier alpha value is -2.01. The Balaban J connectivity index is 1.79. The molecule has 0 radical (unpaired) electrons. The molecule has 3 rings (SSSR count). The van der Waals surface area contributed by atoms with Crippen molar-refractivity contribution in [2.75, 3.05) is 0 Å². The molecule has 5 heteroatoms. The van der Waals surface area contributed by atoms with Crippen LogP contribution in [-0.4, -0.2) is 9.55 Å². The van der Waals surface area contributed by atoms with Crippen LogP contribution in [0.3, 0.4) is 0 Å². The summed E-state index contributed by atoms with van der Waals surface area (Å²) in [6, 6.07) is 12.0. The first-order valence-corrected chi connectivity index (χ1v) is 7.59. The van der Waals surface area contributed by atoms with Crippen molar-refractivity contribution < 1.29 is 8.78 Å². The monoisotopic (exact) mass is 362 g/mol. The van der Waals surface area contributed by atoms with Crippen LogP contribution in [0.25, 0.3) is 0 Å². The molecule has 0 aliphatic rings. The van der Waals surface area contributed by atoms with Crippen molar-refractivity contribution in [1.82, 2.24) is 9.55 Å². The summed E-state index contributed by atoms with van der Waals surface area (Å²) in [6.07, 6.45) is 4.24. The molecule has 2 aromatic carbocycles. The number of hydrogen-bond donors (Lipinski definition) is 0. The second-order valence-electron chi connectivity index (χ2n) is 5.02. The Morgan fingerprint density at radius 2 is 1.68 bits per heavy atom. The first-order valence-electron chi connectivity index (χ1n) is 6.80. The summed E-state index contributed by atoms with van der Waals surface area (Å²) in [5, 5.41) is 0. The van der Waals surface area contributed by atoms with Crippen molar-refractivity contribution in [3.05, 3.63) is 87.9 Å². The van der Waals surface area contributed by atoms with E-state index in [-0.39, 0.29) is 0 Å². The van der Waals surface area contributed by atoms with E-state index in [1.54, 1.807) is 12.3 Å². The maximum atomic E-state index is 13.3. The zero-order valence-corrected chi connectivity index (χ0v) is 13.2. The van der Waals surface area contributed by atoms with Crippen LogP contribution in [0.5, 0.6) is 0 Å². The van der Waals surface area contributed by atoms with Crippen molar-refractivity contribution in [3.63, 3.8) is 0 Å². The first kappa shape index (κ1) is 14.9. The highest BCUT2D eigenvalue weighted by Crippen LogP contribution is 2.15. The minimum atomic E-state index is -0.829. The highest BCUT2D eigenvalue weighted by atomic mass is 79.9. The van der Waals surface area contributed by atoms with E-state index in [0.717, 1.165) is 21.9 Å². The van der Waals surface area contributed by atoms with Gasteiger partial charge in [-0.2, -0.15) is 0 Å². The van der Waals surface area contributed by atoms with Gasteiger partial charge in [0.2, 0.25) is 0 Å². The Bertz CT molecular complexity index is 782. The van der Waals surface area contributed by atoms with Gasteiger partial charge in [-0.05, 0) is 35.4 Å². The molecule has 0 unspecified atom stereocenters. The second-order valence-corrected chi connectivity index (χ2v) is 5.94. The van der Waals surface area contributed by atoms with E-state index in [2.05, 4.69) is 20.9 Å². The van der Waals surface area contributed by atoms with Gasteiger partial charge in [0.25, 0.3) is 0 Å². The van der Waals surface area contributed by atoms with E-state index < -0.39 is 11.6 Å². The predicted octanol–water partition coefficient (Wildman–Crippen LogP) is 4.56. The van der Waals surface area contributed by atoms with Crippen molar-refractivity contribution in [1.29, 1.82) is 0 Å². The molecular weight excluding hydrogens is 350 g/mol. The molecule has 0 saturated heterocycles. The van der Waals surface area contributed by atoms with Crippen molar-refractivity contribution in [3.8, 4) is 0 Å². The van der Waals surface area contributed by atoms with Crippen LogP contribution in [0.15, 0.2) is 59.3 Å². The summed E-state index contributed by atoms with van der Waals surface area (Å²) in [5.74, 6) is -0.774. The Morgan fingerprint density at radius 3 is 2.41 bits per heavy atom. The largest absolute Gasteiger partial charge is 0.330 e. The van der Waals surface area contributed by atoms with E-state index in [1.807, 2.05) is 35.0 Å². The molecule has 0 atom stereocenters. The molecule has 0 aliphatic heterocycles. The number of imidazole rings is 1. The van der Waals surface area contributed by atoms with Crippen molar-refractivity contribution in [2.24, 2.45) is 0 Å². The third-order valence-corrected chi connectivity index (χ3v) is 3.94. The molecule has 0 N–H and O–H groups in total. The fourth-order valence-corrected chi connectivity index (χ4v) is 2.54. The Labute approximate surface area is 135 Å². The van der Waals surface area contributed by atoms with Gasteiger partial charge in [-0.3, -0.25) is 0 Å². The number of halogens is 3. The van der Waals surface area contributed by atoms with E-state index in [9.17, 15) is 8.78 Å². The van der Waals surface area contributed by atoms with Crippen LogP contribution in [0.4, 0.5) is 8.78 Å². The topological polar surface area (TPSA) is 17.8 Å². The van der Waals surface area contributed by atoms with Gasteiger partial charge in [-0.25, -0.2) is 13.8 Å². The summed E-state index contributed by atoms with van der Waals surface area (Å²) < 4.78 is 29.2. The molecule has 0 spiro atoms. The number of rotatable bonds is 4.